The molecule has 0 rings (SSSR count). The summed E-state index contributed by atoms with van der Waals surface area (Å²) >= 11 is 0. The summed E-state index contributed by atoms with van der Waals surface area (Å²) in [4.78, 5) is 22.6. The minimum atomic E-state index is -4.35. The standard InChI is InChI=1S/C42H79N2O6P/c1-3-5-7-9-11-13-15-17-19-20-21-22-23-25-27-29-31-33-35-41(45)40(39-50-51(47,48)49-38-37-43)44-42(46)36-34-32-30-28-26-24-18-16-14-12-10-8-6-4-2/h10,12,16,18,25,27,33,35,40-41,45H,3-9,11,13-15,17,19-24,26,28-32,34,36-39,43H2,1-2H3,(H,44,46)(H,47,48)/b12-10-,18-16-,27-25+,35-33+. The first-order chi connectivity index (χ1) is 24.9. The largest absolute Gasteiger partial charge is 0.472 e. The van der Waals surface area contributed by atoms with Gasteiger partial charge in [-0.15, -0.1) is 0 Å². The van der Waals surface area contributed by atoms with Crippen LogP contribution in [0.15, 0.2) is 48.6 Å². The number of aliphatic hydroxyl groups is 1. The Morgan fingerprint density at radius 1 is 0.647 bits per heavy atom. The predicted octanol–water partition coefficient (Wildman–Crippen LogP) is 11.3. The normalized spacial score (nSPS) is 14.7. The van der Waals surface area contributed by atoms with E-state index < -0.39 is 20.0 Å². The van der Waals surface area contributed by atoms with Crippen LogP contribution in [0, 0.1) is 0 Å². The molecule has 3 atom stereocenters. The van der Waals surface area contributed by atoms with Crippen LogP contribution in [0.1, 0.15) is 181 Å². The molecule has 0 aromatic rings. The fraction of sp³-hybridized carbons (Fsp3) is 0.786. The van der Waals surface area contributed by atoms with E-state index in [4.69, 9.17) is 14.8 Å². The predicted molar refractivity (Wildman–Crippen MR) is 217 cm³/mol. The summed E-state index contributed by atoms with van der Waals surface area (Å²) in [6, 6.07) is -0.884. The van der Waals surface area contributed by atoms with E-state index in [-0.39, 0.29) is 25.7 Å². The van der Waals surface area contributed by atoms with E-state index >= 15 is 0 Å². The molecule has 0 aromatic carbocycles. The molecule has 0 heterocycles. The second kappa shape index (κ2) is 38.2. The summed E-state index contributed by atoms with van der Waals surface area (Å²) in [6.07, 6.45) is 45.9. The number of phosphoric ester groups is 1. The van der Waals surface area contributed by atoms with Crippen molar-refractivity contribution in [2.24, 2.45) is 5.73 Å². The summed E-state index contributed by atoms with van der Waals surface area (Å²) < 4.78 is 22.1. The minimum absolute atomic E-state index is 0.0702. The van der Waals surface area contributed by atoms with Gasteiger partial charge in [-0.25, -0.2) is 4.57 Å². The Kier molecular flexibility index (Phi) is 37.0. The molecule has 51 heavy (non-hydrogen) atoms. The molecule has 0 aromatic heterocycles. The van der Waals surface area contributed by atoms with E-state index in [9.17, 15) is 19.4 Å². The Morgan fingerprint density at radius 2 is 1.12 bits per heavy atom. The van der Waals surface area contributed by atoms with Crippen molar-refractivity contribution in [1.29, 1.82) is 0 Å². The first-order valence-corrected chi connectivity index (χ1v) is 22.3. The van der Waals surface area contributed by atoms with Crippen molar-refractivity contribution in [3.05, 3.63) is 48.6 Å². The molecule has 1 amide bonds. The average molecular weight is 739 g/mol. The summed E-state index contributed by atoms with van der Waals surface area (Å²) in [7, 11) is -4.35. The zero-order valence-electron chi connectivity index (χ0n) is 32.8. The lowest BCUT2D eigenvalue weighted by molar-refractivity contribution is -0.123. The molecular weight excluding hydrogens is 659 g/mol. The van der Waals surface area contributed by atoms with Crippen molar-refractivity contribution in [1.82, 2.24) is 5.32 Å². The number of amides is 1. The van der Waals surface area contributed by atoms with Gasteiger partial charge in [0.2, 0.25) is 5.91 Å². The van der Waals surface area contributed by atoms with Crippen LogP contribution < -0.4 is 11.1 Å². The highest BCUT2D eigenvalue weighted by molar-refractivity contribution is 7.47. The lowest BCUT2D eigenvalue weighted by Crippen LogP contribution is -2.45. The molecule has 0 spiro atoms. The number of nitrogens with two attached hydrogens (primary N) is 1. The maximum absolute atomic E-state index is 12.7. The number of carbonyl (C=O) groups is 1. The van der Waals surface area contributed by atoms with Crippen LogP contribution in [0.5, 0.6) is 0 Å². The molecule has 0 saturated heterocycles. The van der Waals surface area contributed by atoms with Crippen molar-refractivity contribution >= 4 is 13.7 Å². The van der Waals surface area contributed by atoms with Crippen molar-refractivity contribution in [2.45, 2.75) is 193 Å². The van der Waals surface area contributed by atoms with Crippen molar-refractivity contribution in [3.63, 3.8) is 0 Å². The number of phosphoric acid groups is 1. The number of allylic oxidation sites excluding steroid dienone is 7. The number of hydrogen-bond acceptors (Lipinski definition) is 6. The van der Waals surface area contributed by atoms with Crippen molar-refractivity contribution < 1.29 is 28.4 Å². The zero-order chi connectivity index (χ0) is 37.5. The minimum Gasteiger partial charge on any atom is -0.387 e. The van der Waals surface area contributed by atoms with Gasteiger partial charge in [-0.1, -0.05) is 165 Å². The summed E-state index contributed by atoms with van der Waals surface area (Å²) in [5.74, 6) is -0.220. The molecule has 0 fully saturated rings. The third-order valence-corrected chi connectivity index (χ3v) is 9.86. The van der Waals surface area contributed by atoms with E-state index in [2.05, 4.69) is 55.6 Å². The van der Waals surface area contributed by atoms with E-state index in [1.165, 1.54) is 96.3 Å². The van der Waals surface area contributed by atoms with Gasteiger partial charge in [0.25, 0.3) is 0 Å². The van der Waals surface area contributed by atoms with Crippen LogP contribution in [0.3, 0.4) is 0 Å². The smallest absolute Gasteiger partial charge is 0.387 e. The Balaban J connectivity index is 4.33. The fourth-order valence-electron chi connectivity index (χ4n) is 5.69. The van der Waals surface area contributed by atoms with Crippen molar-refractivity contribution in [3.8, 4) is 0 Å². The van der Waals surface area contributed by atoms with Crippen LogP contribution in [0.25, 0.3) is 0 Å². The molecule has 298 valence electrons. The lowest BCUT2D eigenvalue weighted by atomic mass is 10.0. The Bertz CT molecular complexity index is 938. The number of carbonyl (C=O) groups excluding carboxylic acids is 1. The second-order valence-corrected chi connectivity index (χ2v) is 15.3. The molecule has 0 aliphatic heterocycles. The van der Waals surface area contributed by atoms with Gasteiger partial charge in [0.05, 0.1) is 25.4 Å². The monoisotopic (exact) mass is 739 g/mol. The van der Waals surface area contributed by atoms with E-state index in [0.29, 0.717) is 6.42 Å². The first-order valence-electron chi connectivity index (χ1n) is 20.8. The maximum Gasteiger partial charge on any atom is 0.472 e. The molecular formula is C42H79N2O6P. The Hall–Kier alpha value is -1.54. The molecule has 0 radical (unpaired) electrons. The Labute approximate surface area is 313 Å². The van der Waals surface area contributed by atoms with Crippen LogP contribution in [-0.4, -0.2) is 47.8 Å². The zero-order valence-corrected chi connectivity index (χ0v) is 33.7. The number of rotatable bonds is 38. The van der Waals surface area contributed by atoms with Crippen LogP contribution in [0.2, 0.25) is 0 Å². The number of nitrogens with one attached hydrogen (secondary N) is 1. The maximum atomic E-state index is 12.7. The average Bonchev–Trinajstić information content (AvgIpc) is 3.12. The van der Waals surface area contributed by atoms with Gasteiger partial charge in [-0.2, -0.15) is 0 Å². The molecule has 0 aliphatic carbocycles. The molecule has 0 bridgehead atoms. The quantitative estimate of drug-likeness (QED) is 0.0282. The number of unbranched alkanes of at least 4 members (excludes halogenated alkanes) is 20. The van der Waals surface area contributed by atoms with Gasteiger partial charge in [-0.05, 0) is 57.8 Å². The van der Waals surface area contributed by atoms with Crippen molar-refractivity contribution in [2.75, 3.05) is 19.8 Å². The van der Waals surface area contributed by atoms with Gasteiger partial charge < -0.3 is 21.1 Å². The SMILES string of the molecule is CCCC/C=C\C/C=C\CCCCCCCC(=O)NC(COP(=O)(O)OCCN)C(O)/C=C/CC/C=C/CCCCCCCCCCCCCC. The van der Waals surface area contributed by atoms with E-state index in [1.807, 2.05) is 6.08 Å². The fourth-order valence-corrected chi connectivity index (χ4v) is 6.45. The molecule has 0 aliphatic rings. The molecule has 0 saturated carbocycles. The summed E-state index contributed by atoms with van der Waals surface area (Å²) in [5.41, 5.74) is 5.36. The lowest BCUT2D eigenvalue weighted by Gasteiger charge is -2.23. The molecule has 5 N–H and O–H groups in total. The summed E-state index contributed by atoms with van der Waals surface area (Å²) in [5, 5.41) is 13.6. The van der Waals surface area contributed by atoms with Gasteiger partial charge >= 0.3 is 7.82 Å². The van der Waals surface area contributed by atoms with E-state index in [0.717, 1.165) is 64.2 Å². The first kappa shape index (κ1) is 49.5. The van der Waals surface area contributed by atoms with Crippen LogP contribution >= 0.6 is 7.82 Å². The highest BCUT2D eigenvalue weighted by Crippen LogP contribution is 2.43. The molecule has 9 heteroatoms. The van der Waals surface area contributed by atoms with E-state index in [1.54, 1.807) is 6.08 Å². The third kappa shape index (κ3) is 36.6. The Morgan fingerprint density at radius 3 is 1.69 bits per heavy atom. The third-order valence-electron chi connectivity index (χ3n) is 8.88. The van der Waals surface area contributed by atoms with Crippen LogP contribution in [-0.2, 0) is 18.4 Å². The highest BCUT2D eigenvalue weighted by Gasteiger charge is 2.26. The number of aliphatic hydroxyl groups excluding tert-OH is 1. The topological polar surface area (TPSA) is 131 Å². The van der Waals surface area contributed by atoms with Crippen LogP contribution in [0.4, 0.5) is 0 Å². The van der Waals surface area contributed by atoms with Gasteiger partial charge in [0, 0.05) is 13.0 Å². The highest BCUT2D eigenvalue weighted by atomic mass is 31.2. The number of hydrogen-bond donors (Lipinski definition) is 4. The molecule has 3 unspecified atom stereocenters. The second-order valence-electron chi connectivity index (χ2n) is 13.8. The van der Waals surface area contributed by atoms with Gasteiger partial charge in [-0.3, -0.25) is 13.8 Å². The molecule has 8 nitrogen and oxygen atoms in total. The van der Waals surface area contributed by atoms with Gasteiger partial charge in [0.15, 0.2) is 0 Å². The van der Waals surface area contributed by atoms with Gasteiger partial charge in [0.1, 0.15) is 0 Å². The summed E-state index contributed by atoms with van der Waals surface area (Å²) in [6.45, 7) is 4.05.